The molecule has 0 bridgehead atoms. The molecule has 0 amide bonds. The lowest BCUT2D eigenvalue weighted by Gasteiger charge is -2.11. The van der Waals surface area contributed by atoms with Crippen molar-refractivity contribution < 1.29 is 18.6 Å². The molecule has 1 N–H and O–H groups in total. The van der Waals surface area contributed by atoms with Crippen LogP contribution in [0.1, 0.15) is 16.5 Å². The van der Waals surface area contributed by atoms with Crippen LogP contribution in [0.5, 0.6) is 5.75 Å². The van der Waals surface area contributed by atoms with E-state index in [-0.39, 0.29) is 6.42 Å². The van der Waals surface area contributed by atoms with Crippen molar-refractivity contribution in [1.82, 2.24) is 0 Å². The van der Waals surface area contributed by atoms with E-state index >= 15 is 0 Å². The van der Waals surface area contributed by atoms with Crippen molar-refractivity contribution in [2.24, 2.45) is 0 Å². The Morgan fingerprint density at radius 2 is 1.94 bits per heavy atom. The molecule has 2 aromatic rings. The molecule has 96 valence electrons. The van der Waals surface area contributed by atoms with Crippen LogP contribution in [-0.4, -0.2) is 12.2 Å². The maximum atomic E-state index is 13.0. The van der Waals surface area contributed by atoms with Gasteiger partial charge in [0, 0.05) is 12.5 Å². The van der Waals surface area contributed by atoms with Crippen LogP contribution in [0.2, 0.25) is 0 Å². The number of hydrogen-bond acceptors (Lipinski definition) is 3. The van der Waals surface area contributed by atoms with Crippen molar-refractivity contribution in [1.29, 1.82) is 0 Å². The first kappa shape index (κ1) is 13.0. The lowest BCUT2D eigenvalue weighted by Crippen LogP contribution is -2.02. The molecule has 2 nitrogen and oxygen atoms in total. The minimum absolute atomic E-state index is 0.144. The van der Waals surface area contributed by atoms with Crippen LogP contribution >= 0.6 is 11.3 Å². The lowest BCUT2D eigenvalue weighted by atomic mass is 10.1. The number of methoxy groups -OCH3 is 1. The van der Waals surface area contributed by atoms with Crippen LogP contribution in [-0.2, 0) is 6.42 Å². The quantitative estimate of drug-likeness (QED) is 0.923. The summed E-state index contributed by atoms with van der Waals surface area (Å²) in [5.74, 6) is -0.699. The minimum Gasteiger partial charge on any atom is -0.495 e. The topological polar surface area (TPSA) is 29.5 Å². The van der Waals surface area contributed by atoms with Gasteiger partial charge >= 0.3 is 0 Å². The third kappa shape index (κ3) is 2.86. The lowest BCUT2D eigenvalue weighted by molar-refractivity contribution is 0.178. The summed E-state index contributed by atoms with van der Waals surface area (Å²) in [6.07, 6.45) is -0.688. The summed E-state index contributed by atoms with van der Waals surface area (Å²) in [6.45, 7) is 0. The van der Waals surface area contributed by atoms with E-state index in [9.17, 15) is 13.9 Å². The van der Waals surface area contributed by atoms with E-state index in [0.717, 1.165) is 6.07 Å². The molecule has 0 saturated heterocycles. The summed E-state index contributed by atoms with van der Waals surface area (Å²) < 4.78 is 31.1. The smallest absolute Gasteiger partial charge is 0.135 e. The Morgan fingerprint density at radius 3 is 2.56 bits per heavy atom. The molecular formula is C13H12F2O2S. The molecule has 0 aliphatic rings. The van der Waals surface area contributed by atoms with E-state index in [4.69, 9.17) is 4.74 Å². The number of rotatable bonds is 4. The maximum Gasteiger partial charge on any atom is 0.135 e. The fourth-order valence-electron chi connectivity index (χ4n) is 1.77. The van der Waals surface area contributed by atoms with Crippen LogP contribution in [0.15, 0.2) is 29.6 Å². The largest absolute Gasteiger partial charge is 0.495 e. The van der Waals surface area contributed by atoms with Gasteiger partial charge in [0.15, 0.2) is 0 Å². The molecule has 1 unspecified atom stereocenters. The highest BCUT2D eigenvalue weighted by Crippen LogP contribution is 2.32. The second-order valence-electron chi connectivity index (χ2n) is 3.85. The van der Waals surface area contributed by atoms with Crippen molar-refractivity contribution in [3.8, 4) is 5.75 Å². The van der Waals surface area contributed by atoms with Crippen molar-refractivity contribution in [2.75, 3.05) is 7.11 Å². The zero-order valence-corrected chi connectivity index (χ0v) is 10.5. The van der Waals surface area contributed by atoms with Crippen molar-refractivity contribution in [3.05, 3.63) is 51.7 Å². The number of thiophene rings is 1. The Balaban J connectivity index is 2.18. The molecule has 18 heavy (non-hydrogen) atoms. The molecular weight excluding hydrogens is 258 g/mol. The number of aliphatic hydroxyl groups is 1. The molecule has 0 aliphatic carbocycles. The Bertz CT molecular complexity index is 519. The van der Waals surface area contributed by atoms with Gasteiger partial charge < -0.3 is 9.84 Å². The van der Waals surface area contributed by atoms with Gasteiger partial charge in [-0.1, -0.05) is 0 Å². The van der Waals surface area contributed by atoms with E-state index in [1.54, 1.807) is 11.4 Å². The molecule has 5 heteroatoms. The molecule has 0 saturated carbocycles. The second kappa shape index (κ2) is 5.46. The van der Waals surface area contributed by atoms with Crippen LogP contribution in [0.25, 0.3) is 0 Å². The number of benzene rings is 1. The SMILES string of the molecule is COc1ccsc1C(O)Cc1cc(F)cc(F)c1. The van der Waals surface area contributed by atoms with Gasteiger partial charge in [0.25, 0.3) is 0 Å². The first-order chi connectivity index (χ1) is 8.60. The average molecular weight is 270 g/mol. The summed E-state index contributed by atoms with van der Waals surface area (Å²) in [5, 5.41) is 11.8. The second-order valence-corrected chi connectivity index (χ2v) is 4.80. The summed E-state index contributed by atoms with van der Waals surface area (Å²) in [6, 6.07) is 4.98. The maximum absolute atomic E-state index is 13.0. The molecule has 0 fully saturated rings. The average Bonchev–Trinajstić information content (AvgIpc) is 2.75. The summed E-state index contributed by atoms with van der Waals surface area (Å²) in [7, 11) is 1.51. The van der Waals surface area contributed by atoms with Gasteiger partial charge in [0.2, 0.25) is 0 Å². The monoisotopic (exact) mass is 270 g/mol. The highest BCUT2D eigenvalue weighted by Gasteiger charge is 2.16. The van der Waals surface area contributed by atoms with Crippen LogP contribution in [0.4, 0.5) is 8.78 Å². The van der Waals surface area contributed by atoms with E-state index < -0.39 is 17.7 Å². The summed E-state index contributed by atoms with van der Waals surface area (Å²) in [5.41, 5.74) is 0.412. The zero-order valence-electron chi connectivity index (χ0n) is 9.69. The van der Waals surface area contributed by atoms with E-state index in [1.165, 1.54) is 30.6 Å². The Kier molecular flexibility index (Phi) is 3.93. The van der Waals surface area contributed by atoms with Gasteiger partial charge in [-0.25, -0.2) is 8.78 Å². The fourth-order valence-corrected chi connectivity index (χ4v) is 2.61. The Morgan fingerprint density at radius 1 is 1.28 bits per heavy atom. The summed E-state index contributed by atoms with van der Waals surface area (Å²) >= 11 is 1.35. The van der Waals surface area contributed by atoms with E-state index in [2.05, 4.69) is 0 Å². The first-order valence-electron chi connectivity index (χ1n) is 5.34. The fraction of sp³-hybridized carbons (Fsp3) is 0.231. The number of ether oxygens (including phenoxy) is 1. The zero-order chi connectivity index (χ0) is 13.1. The minimum atomic E-state index is -0.832. The van der Waals surface area contributed by atoms with Gasteiger partial charge in [-0.3, -0.25) is 0 Å². The third-order valence-corrected chi connectivity index (χ3v) is 3.53. The standard InChI is InChI=1S/C13H12F2O2S/c1-17-12-2-3-18-13(12)11(16)6-8-4-9(14)7-10(15)5-8/h2-5,7,11,16H,6H2,1H3. The third-order valence-electron chi connectivity index (χ3n) is 2.53. The van der Waals surface area contributed by atoms with E-state index in [0.29, 0.717) is 16.2 Å². The predicted octanol–water partition coefficient (Wildman–Crippen LogP) is 3.31. The predicted molar refractivity (Wildman–Crippen MR) is 65.9 cm³/mol. The number of hydrogen-bond donors (Lipinski definition) is 1. The first-order valence-corrected chi connectivity index (χ1v) is 6.22. The van der Waals surface area contributed by atoms with Gasteiger partial charge in [0.1, 0.15) is 17.4 Å². The summed E-state index contributed by atoms with van der Waals surface area (Å²) in [4.78, 5) is 0.655. The van der Waals surface area contributed by atoms with Crippen LogP contribution in [0.3, 0.4) is 0 Å². The number of aliphatic hydroxyl groups excluding tert-OH is 1. The van der Waals surface area contributed by atoms with Crippen LogP contribution < -0.4 is 4.74 Å². The molecule has 1 heterocycles. The van der Waals surface area contributed by atoms with Crippen molar-refractivity contribution >= 4 is 11.3 Å². The van der Waals surface area contributed by atoms with Crippen molar-refractivity contribution in [2.45, 2.75) is 12.5 Å². The molecule has 0 aliphatic heterocycles. The van der Waals surface area contributed by atoms with Gasteiger partial charge in [0.05, 0.1) is 18.1 Å². The van der Waals surface area contributed by atoms with Gasteiger partial charge in [-0.2, -0.15) is 0 Å². The highest BCUT2D eigenvalue weighted by atomic mass is 32.1. The molecule has 0 radical (unpaired) electrons. The van der Waals surface area contributed by atoms with E-state index in [1.807, 2.05) is 0 Å². The van der Waals surface area contributed by atoms with Gasteiger partial charge in [-0.15, -0.1) is 11.3 Å². The van der Waals surface area contributed by atoms with Crippen LogP contribution in [0, 0.1) is 11.6 Å². The normalized spacial score (nSPS) is 12.4. The Labute approximate surface area is 107 Å². The highest BCUT2D eigenvalue weighted by molar-refractivity contribution is 7.10. The molecule has 2 rings (SSSR count). The molecule has 0 spiro atoms. The Hall–Kier alpha value is -1.46. The van der Waals surface area contributed by atoms with Crippen molar-refractivity contribution in [3.63, 3.8) is 0 Å². The molecule has 1 atom stereocenters. The molecule has 1 aromatic carbocycles. The molecule has 1 aromatic heterocycles. The number of halogens is 2. The van der Waals surface area contributed by atoms with Gasteiger partial charge in [-0.05, 0) is 29.1 Å².